The van der Waals surface area contributed by atoms with Crippen molar-refractivity contribution < 1.29 is 22.6 Å². The summed E-state index contributed by atoms with van der Waals surface area (Å²) >= 11 is 0. The van der Waals surface area contributed by atoms with Crippen molar-refractivity contribution in [3.05, 3.63) is 29.3 Å². The number of nitrogen functional groups attached to an aromatic ring is 1. The number of nitrogens with two attached hydrogens (primary N) is 1. The van der Waals surface area contributed by atoms with Gasteiger partial charge in [-0.15, -0.1) is 0 Å². The van der Waals surface area contributed by atoms with Gasteiger partial charge in [0.15, 0.2) is 0 Å². The number of hydrogen-bond acceptors (Lipinski definition) is 3. The molecule has 0 aliphatic carbocycles. The fraction of sp³-hybridized carbons (Fsp3) is 0.500. The van der Waals surface area contributed by atoms with Gasteiger partial charge in [0.1, 0.15) is 11.6 Å². The minimum Gasteiger partial charge on any atom is -0.493 e. The lowest BCUT2D eigenvalue weighted by atomic mass is 10.1. The molecule has 3 N–H and O–H groups in total. The van der Waals surface area contributed by atoms with Crippen LogP contribution in [0.2, 0.25) is 0 Å². The van der Waals surface area contributed by atoms with Gasteiger partial charge in [-0.3, -0.25) is 5.41 Å². The molecule has 1 aromatic carbocycles. The minimum atomic E-state index is -4.49. The van der Waals surface area contributed by atoms with Crippen LogP contribution in [0, 0.1) is 5.41 Å². The Morgan fingerprint density at radius 3 is 2.38 bits per heavy atom. The maximum absolute atomic E-state index is 12.6. The Balaban J connectivity index is 2.90. The first kappa shape index (κ1) is 17.3. The highest BCUT2D eigenvalue weighted by atomic mass is 19.4. The van der Waals surface area contributed by atoms with Crippen LogP contribution in [0.25, 0.3) is 0 Å². The van der Waals surface area contributed by atoms with Gasteiger partial charge in [0.05, 0.1) is 23.3 Å². The van der Waals surface area contributed by atoms with Gasteiger partial charge in [-0.05, 0) is 32.0 Å². The topological polar surface area (TPSA) is 68.3 Å². The van der Waals surface area contributed by atoms with E-state index in [4.69, 9.17) is 20.6 Å². The Morgan fingerprint density at radius 2 is 1.90 bits per heavy atom. The third kappa shape index (κ3) is 4.93. The van der Waals surface area contributed by atoms with Crippen LogP contribution >= 0.6 is 0 Å². The van der Waals surface area contributed by atoms with Crippen molar-refractivity contribution in [3.8, 4) is 5.75 Å². The van der Waals surface area contributed by atoms with E-state index in [9.17, 15) is 13.2 Å². The van der Waals surface area contributed by atoms with Crippen LogP contribution in [0.1, 0.15) is 31.4 Å². The quantitative estimate of drug-likeness (QED) is 0.626. The third-order valence-corrected chi connectivity index (χ3v) is 3.11. The molecule has 0 fully saturated rings. The lowest BCUT2D eigenvalue weighted by molar-refractivity contribution is -0.137. The average Bonchev–Trinajstić information content (AvgIpc) is 2.37. The molecule has 0 spiro atoms. The van der Waals surface area contributed by atoms with Gasteiger partial charge in [0, 0.05) is 13.5 Å². The average molecular weight is 304 g/mol. The zero-order chi connectivity index (χ0) is 16.3. The highest BCUT2D eigenvalue weighted by molar-refractivity contribution is 5.97. The second kappa shape index (κ2) is 6.34. The zero-order valence-corrected chi connectivity index (χ0v) is 12.2. The predicted molar refractivity (Wildman–Crippen MR) is 73.7 cm³/mol. The molecular formula is C14H19F3N2O2. The van der Waals surface area contributed by atoms with E-state index in [1.807, 2.05) is 13.8 Å². The van der Waals surface area contributed by atoms with Crippen LogP contribution in [0.15, 0.2) is 18.2 Å². The summed E-state index contributed by atoms with van der Waals surface area (Å²) in [6, 6.07) is 2.90. The number of ether oxygens (including phenoxy) is 2. The predicted octanol–water partition coefficient (Wildman–Crippen LogP) is 3.18. The Labute approximate surface area is 121 Å². The molecule has 0 bridgehead atoms. The van der Waals surface area contributed by atoms with Crippen LogP contribution in [0.3, 0.4) is 0 Å². The van der Waals surface area contributed by atoms with Crippen LogP contribution in [0.5, 0.6) is 5.75 Å². The van der Waals surface area contributed by atoms with Crippen LogP contribution in [-0.4, -0.2) is 25.2 Å². The molecule has 0 heterocycles. The van der Waals surface area contributed by atoms with E-state index in [-0.39, 0.29) is 17.9 Å². The molecule has 118 valence electrons. The number of halogens is 3. The molecule has 7 heteroatoms. The van der Waals surface area contributed by atoms with Crippen molar-refractivity contribution in [3.63, 3.8) is 0 Å². The first-order valence-electron chi connectivity index (χ1n) is 6.30. The van der Waals surface area contributed by atoms with Crippen LogP contribution in [-0.2, 0) is 10.9 Å². The second-order valence-corrected chi connectivity index (χ2v) is 5.18. The van der Waals surface area contributed by atoms with E-state index < -0.39 is 23.2 Å². The molecule has 0 saturated heterocycles. The summed E-state index contributed by atoms with van der Waals surface area (Å²) < 4.78 is 48.6. The maximum Gasteiger partial charge on any atom is 0.416 e. The highest BCUT2D eigenvalue weighted by Crippen LogP contribution is 2.32. The van der Waals surface area contributed by atoms with Crippen LogP contribution < -0.4 is 10.5 Å². The molecule has 0 aliphatic heterocycles. The van der Waals surface area contributed by atoms with Gasteiger partial charge in [0.25, 0.3) is 0 Å². The standard InChI is InChI=1S/C14H19F3N2O2/c1-13(2,20-3)6-7-21-11-5-4-9(14(15,16)17)8-10(11)12(18)19/h4-5,8H,6-7H2,1-3H3,(H3,18,19). The van der Waals surface area contributed by atoms with Crippen molar-refractivity contribution in [2.75, 3.05) is 13.7 Å². The molecule has 0 aliphatic rings. The highest BCUT2D eigenvalue weighted by Gasteiger charge is 2.31. The lowest BCUT2D eigenvalue weighted by Gasteiger charge is -2.23. The van der Waals surface area contributed by atoms with E-state index in [0.717, 1.165) is 12.1 Å². The van der Waals surface area contributed by atoms with Crippen molar-refractivity contribution in [1.82, 2.24) is 0 Å². The first-order chi connectivity index (χ1) is 9.57. The first-order valence-corrected chi connectivity index (χ1v) is 6.30. The SMILES string of the molecule is COC(C)(C)CCOc1ccc(C(F)(F)F)cc1C(=N)N. The summed E-state index contributed by atoms with van der Waals surface area (Å²) in [6.07, 6.45) is -3.94. The summed E-state index contributed by atoms with van der Waals surface area (Å²) in [5.74, 6) is -0.315. The van der Waals surface area contributed by atoms with Gasteiger partial charge in [0.2, 0.25) is 0 Å². The molecule has 0 unspecified atom stereocenters. The Morgan fingerprint density at radius 1 is 1.29 bits per heavy atom. The molecule has 1 aromatic rings. The van der Waals surface area contributed by atoms with Gasteiger partial charge in [-0.1, -0.05) is 0 Å². The Bertz CT molecular complexity index is 513. The van der Waals surface area contributed by atoms with Crippen LogP contribution in [0.4, 0.5) is 13.2 Å². The molecule has 1 rings (SSSR count). The normalized spacial score (nSPS) is 12.3. The third-order valence-electron chi connectivity index (χ3n) is 3.11. The van der Waals surface area contributed by atoms with Crippen molar-refractivity contribution in [1.29, 1.82) is 5.41 Å². The number of nitrogens with one attached hydrogen (secondary N) is 1. The number of rotatable bonds is 6. The number of benzene rings is 1. The summed E-state index contributed by atoms with van der Waals surface area (Å²) in [5, 5.41) is 7.38. The zero-order valence-electron chi connectivity index (χ0n) is 12.2. The minimum absolute atomic E-state index is 0.0694. The fourth-order valence-corrected chi connectivity index (χ4v) is 1.55. The number of alkyl halides is 3. The monoisotopic (exact) mass is 304 g/mol. The summed E-state index contributed by atoms with van der Waals surface area (Å²) in [7, 11) is 1.57. The molecule has 4 nitrogen and oxygen atoms in total. The van der Waals surface area contributed by atoms with Crippen molar-refractivity contribution in [2.45, 2.75) is 32.0 Å². The smallest absolute Gasteiger partial charge is 0.416 e. The summed E-state index contributed by atoms with van der Waals surface area (Å²) in [5.41, 5.74) is 3.99. The molecule has 0 radical (unpaired) electrons. The summed E-state index contributed by atoms with van der Waals surface area (Å²) in [6.45, 7) is 3.98. The van der Waals surface area contributed by atoms with E-state index in [1.54, 1.807) is 7.11 Å². The van der Waals surface area contributed by atoms with Gasteiger partial charge in [-0.2, -0.15) is 13.2 Å². The lowest BCUT2D eigenvalue weighted by Crippen LogP contribution is -2.25. The summed E-state index contributed by atoms with van der Waals surface area (Å²) in [4.78, 5) is 0. The molecule has 0 saturated carbocycles. The molecule has 0 aromatic heterocycles. The molecule has 21 heavy (non-hydrogen) atoms. The van der Waals surface area contributed by atoms with E-state index >= 15 is 0 Å². The second-order valence-electron chi connectivity index (χ2n) is 5.18. The number of amidine groups is 1. The number of methoxy groups -OCH3 is 1. The fourth-order valence-electron chi connectivity index (χ4n) is 1.55. The van der Waals surface area contributed by atoms with Gasteiger partial charge in [-0.25, -0.2) is 0 Å². The van der Waals surface area contributed by atoms with Crippen molar-refractivity contribution >= 4 is 5.84 Å². The largest absolute Gasteiger partial charge is 0.493 e. The van der Waals surface area contributed by atoms with Crippen molar-refractivity contribution in [2.24, 2.45) is 5.73 Å². The van der Waals surface area contributed by atoms with E-state index in [2.05, 4.69) is 0 Å². The maximum atomic E-state index is 12.6. The van der Waals surface area contributed by atoms with E-state index in [0.29, 0.717) is 6.42 Å². The Hall–Kier alpha value is -1.76. The molecular weight excluding hydrogens is 285 g/mol. The van der Waals surface area contributed by atoms with E-state index in [1.165, 1.54) is 6.07 Å². The molecule has 0 amide bonds. The van der Waals surface area contributed by atoms with Gasteiger partial charge < -0.3 is 15.2 Å². The van der Waals surface area contributed by atoms with Gasteiger partial charge >= 0.3 is 6.18 Å². The Kier molecular flexibility index (Phi) is 5.22. The molecule has 0 atom stereocenters. The number of hydrogen-bond donors (Lipinski definition) is 2.